The highest BCUT2D eigenvalue weighted by atomic mass is 79.9. The molecule has 0 aliphatic rings. The van der Waals surface area contributed by atoms with Gasteiger partial charge in [-0.2, -0.15) is 0 Å². The number of sulfonamides is 1. The zero-order valence-corrected chi connectivity index (χ0v) is 14.9. The zero-order chi connectivity index (χ0) is 15.3. The van der Waals surface area contributed by atoms with Crippen molar-refractivity contribution in [1.29, 1.82) is 0 Å². The van der Waals surface area contributed by atoms with Gasteiger partial charge in [0.1, 0.15) is 0 Å². The fourth-order valence-electron chi connectivity index (χ4n) is 1.82. The molecule has 0 spiro atoms. The molecule has 1 aromatic carbocycles. The van der Waals surface area contributed by atoms with E-state index in [0.717, 1.165) is 28.6 Å². The predicted molar refractivity (Wildman–Crippen MR) is 86.4 cm³/mol. The fourth-order valence-corrected chi connectivity index (χ4v) is 3.94. The predicted octanol–water partition coefficient (Wildman–Crippen LogP) is 2.90. The minimum atomic E-state index is -3.42. The molecule has 0 unspecified atom stereocenters. The van der Waals surface area contributed by atoms with Crippen LogP contribution in [0.4, 0.5) is 0 Å². The van der Waals surface area contributed by atoms with Crippen LogP contribution in [0.3, 0.4) is 0 Å². The highest BCUT2D eigenvalue weighted by molar-refractivity contribution is 9.10. The van der Waals surface area contributed by atoms with E-state index in [1.165, 1.54) is 4.31 Å². The highest BCUT2D eigenvalue weighted by Crippen LogP contribution is 2.27. The largest absolute Gasteiger partial charge is 0.313 e. The van der Waals surface area contributed by atoms with Crippen LogP contribution in [0, 0.1) is 6.92 Å². The normalized spacial score (nSPS) is 12.1. The molecule has 0 bridgehead atoms. The second-order valence-electron chi connectivity index (χ2n) is 4.80. The summed E-state index contributed by atoms with van der Waals surface area (Å²) in [5.41, 5.74) is 1.73. The Morgan fingerprint density at radius 1 is 1.30 bits per heavy atom. The number of halogens is 1. The van der Waals surface area contributed by atoms with Gasteiger partial charge < -0.3 is 5.32 Å². The molecule has 6 heteroatoms. The minimum Gasteiger partial charge on any atom is -0.313 e. The second kappa shape index (κ2) is 7.54. The van der Waals surface area contributed by atoms with Crippen molar-refractivity contribution in [2.45, 2.75) is 38.6 Å². The van der Waals surface area contributed by atoms with Gasteiger partial charge in [-0.25, -0.2) is 12.7 Å². The van der Waals surface area contributed by atoms with Gasteiger partial charge in [0.15, 0.2) is 0 Å². The van der Waals surface area contributed by atoms with Crippen molar-refractivity contribution >= 4 is 26.0 Å². The number of benzene rings is 1. The van der Waals surface area contributed by atoms with Gasteiger partial charge in [0.25, 0.3) is 0 Å². The van der Waals surface area contributed by atoms with E-state index in [1.807, 2.05) is 19.9 Å². The maximum Gasteiger partial charge on any atom is 0.243 e. The van der Waals surface area contributed by atoms with E-state index >= 15 is 0 Å². The number of nitrogens with one attached hydrogen (secondary N) is 1. The van der Waals surface area contributed by atoms with Gasteiger partial charge >= 0.3 is 0 Å². The van der Waals surface area contributed by atoms with E-state index in [1.54, 1.807) is 13.1 Å². The van der Waals surface area contributed by atoms with Gasteiger partial charge in [0.05, 0.1) is 4.90 Å². The Morgan fingerprint density at radius 3 is 2.50 bits per heavy atom. The number of nitrogens with zero attached hydrogens (tertiary/aromatic N) is 1. The Bertz CT molecular complexity index is 559. The molecule has 4 nitrogen and oxygen atoms in total. The summed E-state index contributed by atoms with van der Waals surface area (Å²) in [6.45, 7) is 7.80. The zero-order valence-electron chi connectivity index (χ0n) is 12.5. The molecule has 1 N–H and O–H groups in total. The molecular weight excluding hydrogens is 340 g/mol. The first-order valence-electron chi connectivity index (χ1n) is 6.80. The molecule has 114 valence electrons. The maximum atomic E-state index is 12.5. The molecule has 0 fully saturated rings. The average Bonchev–Trinajstić information content (AvgIpc) is 2.41. The van der Waals surface area contributed by atoms with Crippen molar-refractivity contribution in [2.75, 3.05) is 20.1 Å². The van der Waals surface area contributed by atoms with E-state index in [9.17, 15) is 8.42 Å². The number of hydrogen-bond acceptors (Lipinski definition) is 3. The van der Waals surface area contributed by atoms with E-state index in [2.05, 4.69) is 28.2 Å². The first-order chi connectivity index (χ1) is 9.34. The maximum absolute atomic E-state index is 12.5. The molecule has 0 atom stereocenters. The van der Waals surface area contributed by atoms with Gasteiger partial charge in [0, 0.05) is 24.6 Å². The van der Waals surface area contributed by atoms with Crippen LogP contribution in [0.25, 0.3) is 0 Å². The third kappa shape index (κ3) is 4.04. The van der Waals surface area contributed by atoms with Crippen LogP contribution in [0.1, 0.15) is 31.4 Å². The Morgan fingerprint density at radius 2 is 1.95 bits per heavy atom. The van der Waals surface area contributed by atoms with Gasteiger partial charge in [-0.1, -0.05) is 29.8 Å². The van der Waals surface area contributed by atoms with Crippen molar-refractivity contribution < 1.29 is 8.42 Å². The van der Waals surface area contributed by atoms with Crippen molar-refractivity contribution in [3.8, 4) is 0 Å². The molecule has 1 rings (SSSR count). The van der Waals surface area contributed by atoms with Crippen LogP contribution >= 0.6 is 15.9 Å². The summed E-state index contributed by atoms with van der Waals surface area (Å²) in [5, 5.41) is 3.29. The molecule has 20 heavy (non-hydrogen) atoms. The van der Waals surface area contributed by atoms with E-state index < -0.39 is 10.0 Å². The summed E-state index contributed by atoms with van der Waals surface area (Å²) in [6, 6.07) is 3.74. The Kier molecular flexibility index (Phi) is 6.64. The summed E-state index contributed by atoms with van der Waals surface area (Å²) in [5.74, 6) is 0. The van der Waals surface area contributed by atoms with Crippen LogP contribution in [0.2, 0.25) is 0 Å². The van der Waals surface area contributed by atoms with Gasteiger partial charge in [0.2, 0.25) is 10.0 Å². The van der Waals surface area contributed by atoms with Crippen molar-refractivity contribution in [3.05, 3.63) is 27.7 Å². The third-order valence-electron chi connectivity index (χ3n) is 3.25. The molecule has 0 aliphatic carbocycles. The summed E-state index contributed by atoms with van der Waals surface area (Å²) < 4.78 is 27.2. The molecule has 0 radical (unpaired) electrons. The van der Waals surface area contributed by atoms with E-state index in [4.69, 9.17) is 0 Å². The SMILES string of the molecule is CCCNCc1cc(Br)c(C)c(S(=O)(=O)N(C)CC)c1. The van der Waals surface area contributed by atoms with Crippen LogP contribution < -0.4 is 5.32 Å². The summed E-state index contributed by atoms with van der Waals surface area (Å²) >= 11 is 3.46. The van der Waals surface area contributed by atoms with Gasteiger partial charge in [-0.15, -0.1) is 0 Å². The highest BCUT2D eigenvalue weighted by Gasteiger charge is 2.23. The van der Waals surface area contributed by atoms with Crippen LogP contribution in [-0.2, 0) is 16.6 Å². The number of hydrogen-bond donors (Lipinski definition) is 1. The van der Waals surface area contributed by atoms with E-state index in [-0.39, 0.29) is 0 Å². The Labute approximate surface area is 130 Å². The lowest BCUT2D eigenvalue weighted by Gasteiger charge is -2.18. The molecule has 0 heterocycles. The van der Waals surface area contributed by atoms with Gasteiger partial charge in [-0.3, -0.25) is 0 Å². The van der Waals surface area contributed by atoms with Crippen LogP contribution in [0.5, 0.6) is 0 Å². The first kappa shape index (κ1) is 17.6. The third-order valence-corrected chi connectivity index (χ3v) is 6.13. The van der Waals surface area contributed by atoms with Gasteiger partial charge in [-0.05, 0) is 43.1 Å². The Hall–Kier alpha value is -0.430. The van der Waals surface area contributed by atoms with Crippen molar-refractivity contribution in [1.82, 2.24) is 9.62 Å². The number of rotatable bonds is 7. The fraction of sp³-hybridized carbons (Fsp3) is 0.571. The molecule has 0 amide bonds. The summed E-state index contributed by atoms with van der Waals surface area (Å²) in [4.78, 5) is 0.379. The quantitative estimate of drug-likeness (QED) is 0.758. The lowest BCUT2D eigenvalue weighted by atomic mass is 10.1. The second-order valence-corrected chi connectivity index (χ2v) is 7.66. The molecule has 0 aliphatic heterocycles. The standard InChI is InChI=1S/C14H23BrN2O2S/c1-5-7-16-10-12-8-13(15)11(3)14(9-12)20(18,19)17(4)6-2/h8-9,16H,5-7,10H2,1-4H3. The lowest BCUT2D eigenvalue weighted by Crippen LogP contribution is -2.27. The molecule has 0 saturated heterocycles. The lowest BCUT2D eigenvalue weighted by molar-refractivity contribution is 0.485. The topological polar surface area (TPSA) is 49.4 Å². The van der Waals surface area contributed by atoms with E-state index in [0.29, 0.717) is 18.0 Å². The molecular formula is C14H23BrN2O2S. The van der Waals surface area contributed by atoms with Crippen molar-refractivity contribution in [2.24, 2.45) is 0 Å². The van der Waals surface area contributed by atoms with Crippen LogP contribution in [0.15, 0.2) is 21.5 Å². The summed E-state index contributed by atoms with van der Waals surface area (Å²) in [6.07, 6.45) is 1.05. The smallest absolute Gasteiger partial charge is 0.243 e. The minimum absolute atomic E-state index is 0.379. The summed E-state index contributed by atoms with van der Waals surface area (Å²) in [7, 11) is -1.82. The van der Waals surface area contributed by atoms with Crippen molar-refractivity contribution in [3.63, 3.8) is 0 Å². The molecule has 0 saturated carbocycles. The average molecular weight is 363 g/mol. The monoisotopic (exact) mass is 362 g/mol. The molecule has 0 aromatic heterocycles. The molecule has 1 aromatic rings. The van der Waals surface area contributed by atoms with Crippen LogP contribution in [-0.4, -0.2) is 32.9 Å². The Balaban J connectivity index is 3.19. The first-order valence-corrected chi connectivity index (χ1v) is 9.04.